The number of nitrogens with zero attached hydrogens (tertiary/aromatic N) is 5. The van der Waals surface area contributed by atoms with E-state index in [9.17, 15) is 0 Å². The lowest BCUT2D eigenvalue weighted by Crippen LogP contribution is -2.37. The van der Waals surface area contributed by atoms with E-state index >= 15 is 0 Å². The second-order valence-corrected chi connectivity index (χ2v) is 8.81. The van der Waals surface area contributed by atoms with E-state index in [1.807, 2.05) is 30.1 Å². The Morgan fingerprint density at radius 3 is 2.69 bits per heavy atom. The number of hydrogen-bond donors (Lipinski definition) is 0. The molecule has 2 aliphatic rings. The monoisotopic (exact) mass is 433 g/mol. The van der Waals surface area contributed by atoms with Crippen molar-refractivity contribution in [3.63, 3.8) is 0 Å². The van der Waals surface area contributed by atoms with Gasteiger partial charge in [0.25, 0.3) is 0 Å². The zero-order valence-electron chi connectivity index (χ0n) is 18.7. The van der Waals surface area contributed by atoms with E-state index in [-0.39, 0.29) is 6.10 Å². The highest BCUT2D eigenvalue weighted by atomic mass is 16.5. The quantitative estimate of drug-likeness (QED) is 0.595. The van der Waals surface area contributed by atoms with Crippen molar-refractivity contribution >= 4 is 0 Å². The normalized spacial score (nSPS) is 18.0. The molecule has 1 fully saturated rings. The van der Waals surface area contributed by atoms with Crippen LogP contribution in [0.2, 0.25) is 0 Å². The van der Waals surface area contributed by atoms with Gasteiger partial charge in [0.15, 0.2) is 0 Å². The minimum Gasteiger partial charge on any atom is -0.492 e. The number of piperidine rings is 1. The van der Waals surface area contributed by atoms with Gasteiger partial charge in [-0.15, -0.1) is 0 Å². The van der Waals surface area contributed by atoms with Crippen LogP contribution in [0.3, 0.4) is 0 Å². The standard InChI is InChI=1S/C25H31N5O2/c1-28-16-21(14-27-28)18-30-11-12-31-25-5-4-20(13-22(25)19-30)17-29-9-6-23(7-10-29)32-24-3-2-8-26-15-24/h2-5,8,13-16,23H,6-7,9-12,17-19H2,1H3. The lowest BCUT2D eigenvalue weighted by atomic mass is 10.0. The van der Waals surface area contributed by atoms with Crippen molar-refractivity contribution in [2.45, 2.75) is 38.6 Å². The fourth-order valence-corrected chi connectivity index (χ4v) is 4.60. The summed E-state index contributed by atoms with van der Waals surface area (Å²) < 4.78 is 14.0. The molecule has 0 saturated carbocycles. The Bertz CT molecular complexity index is 1010. The number of rotatable bonds is 6. The summed E-state index contributed by atoms with van der Waals surface area (Å²) >= 11 is 0. The molecular formula is C25H31N5O2. The Morgan fingerprint density at radius 1 is 1.03 bits per heavy atom. The zero-order chi connectivity index (χ0) is 21.8. The third-order valence-electron chi connectivity index (χ3n) is 6.23. The van der Waals surface area contributed by atoms with Gasteiger partial charge in [0.1, 0.15) is 24.2 Å². The number of aromatic nitrogens is 3. The Hall–Kier alpha value is -2.90. The van der Waals surface area contributed by atoms with E-state index in [4.69, 9.17) is 9.47 Å². The van der Waals surface area contributed by atoms with Gasteiger partial charge in [-0.1, -0.05) is 6.07 Å². The molecule has 0 N–H and O–H groups in total. The number of aryl methyl sites for hydroxylation is 1. The van der Waals surface area contributed by atoms with Crippen molar-refractivity contribution in [3.8, 4) is 11.5 Å². The van der Waals surface area contributed by atoms with E-state index in [1.165, 1.54) is 16.7 Å². The van der Waals surface area contributed by atoms with Crippen molar-refractivity contribution < 1.29 is 9.47 Å². The van der Waals surface area contributed by atoms with Crippen molar-refractivity contribution in [3.05, 3.63) is 71.8 Å². The van der Waals surface area contributed by atoms with Crippen molar-refractivity contribution in [1.82, 2.24) is 24.6 Å². The van der Waals surface area contributed by atoms with Crippen LogP contribution in [0.15, 0.2) is 55.1 Å². The van der Waals surface area contributed by atoms with Crippen molar-refractivity contribution in [1.29, 1.82) is 0 Å². The molecule has 5 rings (SSSR count). The molecule has 7 heteroatoms. The molecule has 0 unspecified atom stereocenters. The van der Waals surface area contributed by atoms with Crippen LogP contribution in [0, 0.1) is 0 Å². The van der Waals surface area contributed by atoms with Crippen molar-refractivity contribution in [2.24, 2.45) is 7.05 Å². The summed E-state index contributed by atoms with van der Waals surface area (Å²) in [5, 5.41) is 4.30. The van der Waals surface area contributed by atoms with Gasteiger partial charge in [-0.05, 0) is 42.7 Å². The second kappa shape index (κ2) is 9.71. The van der Waals surface area contributed by atoms with Gasteiger partial charge in [0.2, 0.25) is 0 Å². The van der Waals surface area contributed by atoms with Gasteiger partial charge in [0, 0.05) is 69.8 Å². The van der Waals surface area contributed by atoms with Crippen LogP contribution >= 0.6 is 0 Å². The lowest BCUT2D eigenvalue weighted by Gasteiger charge is -2.32. The van der Waals surface area contributed by atoms with Crippen LogP contribution in [0.25, 0.3) is 0 Å². The minimum atomic E-state index is 0.275. The van der Waals surface area contributed by atoms with Gasteiger partial charge >= 0.3 is 0 Å². The summed E-state index contributed by atoms with van der Waals surface area (Å²) in [7, 11) is 1.96. The summed E-state index contributed by atoms with van der Waals surface area (Å²) in [5.41, 5.74) is 3.87. The van der Waals surface area contributed by atoms with Crippen LogP contribution in [-0.4, -0.2) is 56.9 Å². The Balaban J connectivity index is 1.17. The highest BCUT2D eigenvalue weighted by molar-refractivity contribution is 5.38. The number of ether oxygens (including phenoxy) is 2. The summed E-state index contributed by atoms with van der Waals surface area (Å²) in [6.07, 6.45) is 9.97. The molecule has 7 nitrogen and oxygen atoms in total. The number of hydrogen-bond acceptors (Lipinski definition) is 6. The van der Waals surface area contributed by atoms with Gasteiger partial charge in [-0.2, -0.15) is 5.10 Å². The van der Waals surface area contributed by atoms with Gasteiger partial charge in [-0.3, -0.25) is 19.5 Å². The minimum absolute atomic E-state index is 0.275. The average Bonchev–Trinajstić information content (AvgIpc) is 3.10. The predicted octanol–water partition coefficient (Wildman–Crippen LogP) is 3.25. The third-order valence-corrected chi connectivity index (χ3v) is 6.23. The molecule has 0 spiro atoms. The third kappa shape index (κ3) is 5.29. The van der Waals surface area contributed by atoms with E-state index in [2.05, 4.69) is 44.3 Å². The molecule has 0 amide bonds. The van der Waals surface area contributed by atoms with E-state index < -0.39 is 0 Å². The molecule has 0 atom stereocenters. The zero-order valence-corrected chi connectivity index (χ0v) is 18.7. The van der Waals surface area contributed by atoms with Crippen LogP contribution in [-0.2, 0) is 26.7 Å². The van der Waals surface area contributed by atoms with Gasteiger partial charge < -0.3 is 9.47 Å². The average molecular weight is 434 g/mol. The fourth-order valence-electron chi connectivity index (χ4n) is 4.60. The topological polar surface area (TPSA) is 55.7 Å². The maximum Gasteiger partial charge on any atom is 0.137 e. The smallest absolute Gasteiger partial charge is 0.137 e. The first-order valence-corrected chi connectivity index (χ1v) is 11.4. The lowest BCUT2D eigenvalue weighted by molar-refractivity contribution is 0.0965. The highest BCUT2D eigenvalue weighted by Gasteiger charge is 2.22. The summed E-state index contributed by atoms with van der Waals surface area (Å²) in [6, 6.07) is 10.6. The van der Waals surface area contributed by atoms with E-state index in [1.54, 1.807) is 12.4 Å². The van der Waals surface area contributed by atoms with Crippen LogP contribution in [0.5, 0.6) is 11.5 Å². The summed E-state index contributed by atoms with van der Waals surface area (Å²) in [5.74, 6) is 1.89. The molecule has 0 radical (unpaired) electrons. The second-order valence-electron chi connectivity index (χ2n) is 8.81. The summed E-state index contributed by atoms with van der Waals surface area (Å²) in [6.45, 7) is 6.50. The number of benzene rings is 1. The SMILES string of the molecule is Cn1cc(CN2CCOc3ccc(CN4CCC(Oc5cccnc5)CC4)cc3C2)cn1. The number of pyridine rings is 1. The van der Waals surface area contributed by atoms with Gasteiger partial charge in [0.05, 0.1) is 12.4 Å². The molecule has 2 aromatic heterocycles. The Labute approximate surface area is 189 Å². The molecule has 0 aliphatic carbocycles. The van der Waals surface area contributed by atoms with E-state index in [0.717, 1.165) is 70.2 Å². The molecule has 32 heavy (non-hydrogen) atoms. The molecular weight excluding hydrogens is 402 g/mol. The van der Waals surface area contributed by atoms with Crippen LogP contribution in [0.1, 0.15) is 29.5 Å². The first-order chi connectivity index (χ1) is 15.7. The Morgan fingerprint density at radius 2 is 1.91 bits per heavy atom. The van der Waals surface area contributed by atoms with E-state index in [0.29, 0.717) is 0 Å². The summed E-state index contributed by atoms with van der Waals surface area (Å²) in [4.78, 5) is 9.10. The Kier molecular flexibility index (Phi) is 6.36. The first kappa shape index (κ1) is 21.0. The maximum atomic E-state index is 6.09. The number of fused-ring (bicyclic) bond motifs is 1. The van der Waals surface area contributed by atoms with Crippen LogP contribution in [0.4, 0.5) is 0 Å². The molecule has 168 valence electrons. The largest absolute Gasteiger partial charge is 0.492 e. The number of likely N-dealkylation sites (tertiary alicyclic amines) is 1. The molecule has 4 heterocycles. The molecule has 0 bridgehead atoms. The maximum absolute atomic E-state index is 6.09. The van der Waals surface area contributed by atoms with Gasteiger partial charge in [-0.25, -0.2) is 0 Å². The molecule has 2 aliphatic heterocycles. The highest BCUT2D eigenvalue weighted by Crippen LogP contribution is 2.27. The van der Waals surface area contributed by atoms with Crippen LogP contribution < -0.4 is 9.47 Å². The fraction of sp³-hybridized carbons (Fsp3) is 0.440. The predicted molar refractivity (Wildman–Crippen MR) is 122 cm³/mol. The molecule has 1 saturated heterocycles. The molecule has 1 aromatic carbocycles. The molecule has 3 aromatic rings. The first-order valence-electron chi connectivity index (χ1n) is 11.4. The van der Waals surface area contributed by atoms with Crippen molar-refractivity contribution in [2.75, 3.05) is 26.2 Å².